The maximum absolute atomic E-state index is 13.4. The van der Waals surface area contributed by atoms with Gasteiger partial charge in [0.15, 0.2) is 0 Å². The van der Waals surface area contributed by atoms with Crippen molar-refractivity contribution >= 4 is 23.5 Å². The van der Waals surface area contributed by atoms with Gasteiger partial charge in [-0.05, 0) is 67.6 Å². The molecule has 0 radical (unpaired) electrons. The summed E-state index contributed by atoms with van der Waals surface area (Å²) in [6.45, 7) is 2.43. The molecule has 0 spiro atoms. The lowest BCUT2D eigenvalue weighted by atomic mass is 10.1. The van der Waals surface area contributed by atoms with E-state index in [2.05, 4.69) is 24.4 Å². The fraction of sp³-hybridized carbons (Fsp3) is 0.382. The van der Waals surface area contributed by atoms with E-state index in [1.165, 1.54) is 15.4 Å². The van der Waals surface area contributed by atoms with E-state index in [-0.39, 0.29) is 19.0 Å². The average Bonchev–Trinajstić information content (AvgIpc) is 3.03. The Labute approximate surface area is 254 Å². The zero-order valence-corrected chi connectivity index (χ0v) is 25.0. The number of carbonyl (C=O) groups is 3. The number of urea groups is 1. The van der Waals surface area contributed by atoms with Crippen LogP contribution < -0.4 is 15.5 Å². The van der Waals surface area contributed by atoms with Crippen LogP contribution in [0.3, 0.4) is 0 Å². The summed E-state index contributed by atoms with van der Waals surface area (Å²) in [5.41, 5.74) is 3.40. The number of amides is 4. The number of nitrogens with one attached hydrogen (secondary N) is 2. The molecule has 0 aliphatic rings. The van der Waals surface area contributed by atoms with Gasteiger partial charge in [0.05, 0.1) is 0 Å². The van der Waals surface area contributed by atoms with E-state index in [9.17, 15) is 14.4 Å². The van der Waals surface area contributed by atoms with Gasteiger partial charge in [-0.25, -0.2) is 10.3 Å². The Hall–Kier alpha value is -4.37. The minimum atomic E-state index is -0.668. The van der Waals surface area contributed by atoms with Crippen molar-refractivity contribution < 1.29 is 24.3 Å². The lowest BCUT2D eigenvalue weighted by Gasteiger charge is -2.27. The molecule has 3 N–H and O–H groups in total. The van der Waals surface area contributed by atoms with Gasteiger partial charge in [-0.2, -0.15) is 0 Å². The van der Waals surface area contributed by atoms with E-state index in [4.69, 9.17) is 9.94 Å². The number of benzene rings is 3. The first-order valence-electron chi connectivity index (χ1n) is 15.1. The number of nitrogens with zero attached hydrogens (tertiary/aromatic N) is 2. The van der Waals surface area contributed by atoms with Crippen LogP contribution in [0.5, 0.6) is 11.5 Å². The molecule has 0 aliphatic carbocycles. The lowest BCUT2D eigenvalue weighted by Crippen LogP contribution is -2.47. The van der Waals surface area contributed by atoms with Gasteiger partial charge in [0.1, 0.15) is 24.6 Å². The number of para-hydroxylation sites is 1. The van der Waals surface area contributed by atoms with Gasteiger partial charge in [0, 0.05) is 18.8 Å². The van der Waals surface area contributed by atoms with Crippen LogP contribution in [-0.4, -0.2) is 59.0 Å². The van der Waals surface area contributed by atoms with Crippen molar-refractivity contribution in [3.8, 4) is 11.5 Å². The third-order valence-electron chi connectivity index (χ3n) is 7.03. The molecule has 230 valence electrons. The monoisotopic (exact) mass is 588 g/mol. The Morgan fingerprint density at radius 3 is 1.98 bits per heavy atom. The Balaban J connectivity index is 1.64. The van der Waals surface area contributed by atoms with Crippen molar-refractivity contribution in [1.82, 2.24) is 15.3 Å². The molecule has 0 saturated carbocycles. The molecule has 3 aromatic carbocycles. The molecule has 9 nitrogen and oxygen atoms in total. The van der Waals surface area contributed by atoms with Crippen LogP contribution in [-0.2, 0) is 16.0 Å². The fourth-order valence-corrected chi connectivity index (χ4v) is 4.63. The summed E-state index contributed by atoms with van der Waals surface area (Å²) in [7, 11) is 0. The van der Waals surface area contributed by atoms with E-state index in [1.807, 2.05) is 48.5 Å². The molecule has 0 aliphatic heterocycles. The molecule has 3 aromatic rings. The van der Waals surface area contributed by atoms with E-state index < -0.39 is 11.9 Å². The Morgan fingerprint density at radius 2 is 1.30 bits per heavy atom. The number of ether oxygens (including phenoxy) is 1. The second-order valence-electron chi connectivity index (χ2n) is 10.5. The number of hydrogen-bond acceptors (Lipinski definition) is 5. The molecular weight excluding hydrogens is 544 g/mol. The summed E-state index contributed by atoms with van der Waals surface area (Å²) in [5.74, 6) is 0.334. The molecule has 9 heteroatoms. The topological polar surface area (TPSA) is 111 Å². The fourth-order valence-electron chi connectivity index (χ4n) is 4.63. The number of carbonyl (C=O) groups excluding carboxylic acids is 3. The summed E-state index contributed by atoms with van der Waals surface area (Å²) < 4.78 is 5.84. The van der Waals surface area contributed by atoms with Crippen LogP contribution in [0.2, 0.25) is 0 Å². The van der Waals surface area contributed by atoms with Crippen LogP contribution in [0.1, 0.15) is 57.4 Å². The predicted octanol–water partition coefficient (Wildman–Crippen LogP) is 6.64. The first kappa shape index (κ1) is 33.1. The molecule has 0 saturated heterocycles. The van der Waals surface area contributed by atoms with Gasteiger partial charge in [-0.3, -0.25) is 14.8 Å². The summed E-state index contributed by atoms with van der Waals surface area (Å²) in [5, 5.41) is 12.0. The minimum Gasteiger partial charge on any atom is -0.457 e. The highest BCUT2D eigenvalue weighted by Gasteiger charge is 2.23. The molecule has 0 fully saturated rings. The third-order valence-corrected chi connectivity index (χ3v) is 7.03. The van der Waals surface area contributed by atoms with Gasteiger partial charge in [0.2, 0.25) is 5.91 Å². The largest absolute Gasteiger partial charge is 0.457 e. The number of hydrogen-bond donors (Lipinski definition) is 3. The van der Waals surface area contributed by atoms with Crippen molar-refractivity contribution in [2.45, 2.75) is 58.3 Å². The highest BCUT2D eigenvalue weighted by atomic mass is 16.5. The average molecular weight is 589 g/mol. The molecule has 43 heavy (non-hydrogen) atoms. The Morgan fingerprint density at radius 1 is 0.698 bits per heavy atom. The van der Waals surface area contributed by atoms with Crippen LogP contribution in [0.4, 0.5) is 10.5 Å². The maximum Gasteiger partial charge on any atom is 0.322 e. The van der Waals surface area contributed by atoms with Crippen molar-refractivity contribution in [2.75, 3.05) is 31.5 Å². The SMILES string of the molecule is CCCCCCCN(CC(=O)NO)C(=O)CN(CCCCc1ccccc1)C(=O)Nc1ccc(Oc2ccccc2)cc1. The molecule has 0 unspecified atom stereocenters. The van der Waals surface area contributed by atoms with Crippen molar-refractivity contribution in [3.05, 3.63) is 90.5 Å². The molecule has 0 heterocycles. The quantitative estimate of drug-likeness (QED) is 0.0876. The van der Waals surface area contributed by atoms with Gasteiger partial charge in [-0.15, -0.1) is 0 Å². The standard InChI is InChI=1S/C34H44N4O5/c1-2-3-4-5-13-24-37(26-32(39)36-42)33(40)27-38(25-14-12-17-28-15-8-6-9-16-28)34(41)35-29-20-22-31(23-21-29)43-30-18-10-7-11-19-30/h6-11,15-16,18-23,42H,2-5,12-14,17,24-27H2,1H3,(H,35,41)(H,36,39). The number of unbranched alkanes of at least 4 members (excludes halogenated alkanes) is 5. The Bertz CT molecular complexity index is 1240. The molecular formula is C34H44N4O5. The van der Waals surface area contributed by atoms with E-state index >= 15 is 0 Å². The second-order valence-corrected chi connectivity index (χ2v) is 10.5. The molecule has 0 atom stereocenters. The molecule has 4 amide bonds. The van der Waals surface area contributed by atoms with Gasteiger partial charge in [-0.1, -0.05) is 81.1 Å². The van der Waals surface area contributed by atoms with Crippen molar-refractivity contribution in [3.63, 3.8) is 0 Å². The zero-order valence-electron chi connectivity index (χ0n) is 25.0. The number of hydroxylamine groups is 1. The Kier molecular flexibility index (Phi) is 14.6. The van der Waals surface area contributed by atoms with Gasteiger partial charge < -0.3 is 19.9 Å². The van der Waals surface area contributed by atoms with Crippen LogP contribution in [0.15, 0.2) is 84.9 Å². The van der Waals surface area contributed by atoms with Crippen LogP contribution in [0.25, 0.3) is 0 Å². The summed E-state index contributed by atoms with van der Waals surface area (Å²) >= 11 is 0. The van der Waals surface area contributed by atoms with Gasteiger partial charge >= 0.3 is 6.03 Å². The smallest absolute Gasteiger partial charge is 0.322 e. The maximum atomic E-state index is 13.4. The van der Waals surface area contributed by atoms with E-state index in [0.29, 0.717) is 36.7 Å². The van der Waals surface area contributed by atoms with Crippen molar-refractivity contribution in [1.29, 1.82) is 0 Å². The highest BCUT2D eigenvalue weighted by molar-refractivity contribution is 5.93. The van der Waals surface area contributed by atoms with Crippen LogP contribution in [0, 0.1) is 0 Å². The predicted molar refractivity (Wildman–Crippen MR) is 168 cm³/mol. The number of rotatable bonds is 18. The summed E-state index contributed by atoms with van der Waals surface area (Å²) in [6.07, 6.45) is 7.36. The first-order valence-corrected chi connectivity index (χ1v) is 15.1. The molecule has 0 aromatic heterocycles. The minimum absolute atomic E-state index is 0.181. The number of anilines is 1. The molecule has 3 rings (SSSR count). The summed E-state index contributed by atoms with van der Waals surface area (Å²) in [6, 6.07) is 26.2. The van der Waals surface area contributed by atoms with Crippen molar-refractivity contribution in [2.24, 2.45) is 0 Å². The third kappa shape index (κ3) is 12.6. The number of aryl methyl sites for hydroxylation is 1. The van der Waals surface area contributed by atoms with Crippen LogP contribution >= 0.6 is 0 Å². The van der Waals surface area contributed by atoms with E-state index in [0.717, 1.165) is 44.9 Å². The van der Waals surface area contributed by atoms with E-state index in [1.54, 1.807) is 29.7 Å². The lowest BCUT2D eigenvalue weighted by molar-refractivity contribution is -0.139. The second kappa shape index (κ2) is 18.9. The normalized spacial score (nSPS) is 10.6. The summed E-state index contributed by atoms with van der Waals surface area (Å²) in [4.78, 5) is 41.7. The zero-order chi connectivity index (χ0) is 30.7. The molecule has 0 bridgehead atoms. The van der Waals surface area contributed by atoms with Gasteiger partial charge in [0.25, 0.3) is 5.91 Å². The first-order chi connectivity index (χ1) is 21.0. The highest BCUT2D eigenvalue weighted by Crippen LogP contribution is 2.23.